The Morgan fingerprint density at radius 1 is 1.50 bits per heavy atom. The molecule has 1 spiro atoms. The number of hydrogen-bond donors (Lipinski definition) is 1. The Kier molecular flexibility index (Phi) is 3.91. The number of likely N-dealkylation sites (tertiary alicyclic amines) is 1. The number of rotatable bonds is 4. The third-order valence-electron chi connectivity index (χ3n) is 4.45. The first-order chi connectivity index (χ1) is 10.5. The van der Waals surface area contributed by atoms with Gasteiger partial charge in [0.15, 0.2) is 0 Å². The van der Waals surface area contributed by atoms with E-state index in [1.807, 2.05) is 0 Å². The van der Waals surface area contributed by atoms with Gasteiger partial charge in [-0.15, -0.1) is 0 Å². The number of nitrogens with zero attached hydrogens (tertiary/aromatic N) is 2. The van der Waals surface area contributed by atoms with Crippen molar-refractivity contribution in [2.45, 2.75) is 31.8 Å². The zero-order valence-corrected chi connectivity index (χ0v) is 13.0. The van der Waals surface area contributed by atoms with Crippen LogP contribution in [0, 0.1) is 5.41 Å². The number of carbonyl (C=O) groups excluding carboxylic acids is 2. The number of aromatic nitrogens is 1. The van der Waals surface area contributed by atoms with Crippen molar-refractivity contribution in [2.24, 2.45) is 5.41 Å². The lowest BCUT2D eigenvalue weighted by Crippen LogP contribution is -2.45. The molecule has 2 heterocycles. The molecule has 1 aliphatic heterocycles. The van der Waals surface area contributed by atoms with Crippen molar-refractivity contribution >= 4 is 23.4 Å². The van der Waals surface area contributed by atoms with Crippen molar-refractivity contribution in [1.29, 1.82) is 0 Å². The second kappa shape index (κ2) is 5.72. The van der Waals surface area contributed by atoms with E-state index in [2.05, 4.69) is 16.9 Å². The molecule has 0 unspecified atom stereocenters. The molecular formula is C16H18ClN3O2. The summed E-state index contributed by atoms with van der Waals surface area (Å²) >= 11 is 5.88. The van der Waals surface area contributed by atoms with E-state index in [0.717, 1.165) is 24.8 Å². The molecule has 116 valence electrons. The smallest absolute Gasteiger partial charge is 0.246 e. The minimum Gasteiger partial charge on any atom is -0.350 e. The topological polar surface area (TPSA) is 62.3 Å². The fourth-order valence-corrected chi connectivity index (χ4v) is 3.23. The number of carbonyl (C=O) groups is 2. The molecule has 1 aromatic heterocycles. The van der Waals surface area contributed by atoms with E-state index in [1.54, 1.807) is 23.4 Å². The minimum atomic E-state index is -0.403. The lowest BCUT2D eigenvalue weighted by molar-refractivity contribution is -0.135. The molecule has 22 heavy (non-hydrogen) atoms. The van der Waals surface area contributed by atoms with Crippen LogP contribution in [0.25, 0.3) is 0 Å². The normalized spacial score (nSPS) is 21.7. The fraction of sp³-hybridized carbons (Fsp3) is 0.438. The summed E-state index contributed by atoms with van der Waals surface area (Å²) in [7, 11) is 0. The molecule has 5 nitrogen and oxygen atoms in total. The molecule has 2 amide bonds. The van der Waals surface area contributed by atoms with Gasteiger partial charge in [-0.3, -0.25) is 14.6 Å². The standard InChI is InChI=1S/C16H18ClN3O2/c1-2-14(21)20-10-16(3-4-16)6-13(20)15(22)19-8-11-5-12(17)9-18-7-11/h2,5,7,9,13H,1,3-4,6,8,10H2,(H,19,22)/t13-/m0/s1. The van der Waals surface area contributed by atoms with Crippen LogP contribution in [0.5, 0.6) is 0 Å². The van der Waals surface area contributed by atoms with Gasteiger partial charge < -0.3 is 10.2 Å². The van der Waals surface area contributed by atoms with Gasteiger partial charge >= 0.3 is 0 Å². The van der Waals surface area contributed by atoms with E-state index < -0.39 is 6.04 Å². The molecule has 0 radical (unpaired) electrons. The average molecular weight is 320 g/mol. The zero-order valence-electron chi connectivity index (χ0n) is 12.2. The third kappa shape index (κ3) is 2.99. The average Bonchev–Trinajstić information content (AvgIpc) is 3.15. The summed E-state index contributed by atoms with van der Waals surface area (Å²) in [6.45, 7) is 4.54. The first kappa shape index (κ1) is 15.0. The van der Waals surface area contributed by atoms with Crippen molar-refractivity contribution < 1.29 is 9.59 Å². The van der Waals surface area contributed by atoms with Gasteiger partial charge in [-0.25, -0.2) is 0 Å². The molecule has 0 bridgehead atoms. The van der Waals surface area contributed by atoms with Crippen LogP contribution >= 0.6 is 11.6 Å². The Morgan fingerprint density at radius 3 is 2.91 bits per heavy atom. The second-order valence-electron chi connectivity index (χ2n) is 6.12. The molecule has 2 fully saturated rings. The van der Waals surface area contributed by atoms with Crippen LogP contribution in [0.2, 0.25) is 5.02 Å². The zero-order chi connectivity index (χ0) is 15.7. The number of halogens is 1. The molecule has 3 rings (SSSR count). The van der Waals surface area contributed by atoms with E-state index in [4.69, 9.17) is 11.6 Å². The highest BCUT2D eigenvalue weighted by atomic mass is 35.5. The van der Waals surface area contributed by atoms with Gasteiger partial charge in [-0.1, -0.05) is 18.2 Å². The lowest BCUT2D eigenvalue weighted by Gasteiger charge is -2.22. The summed E-state index contributed by atoms with van der Waals surface area (Å²) in [5, 5.41) is 3.41. The lowest BCUT2D eigenvalue weighted by atomic mass is 10.0. The van der Waals surface area contributed by atoms with E-state index >= 15 is 0 Å². The fourth-order valence-electron chi connectivity index (χ4n) is 3.04. The predicted molar refractivity (Wildman–Crippen MR) is 83.1 cm³/mol. The molecule has 1 saturated carbocycles. The van der Waals surface area contributed by atoms with E-state index in [9.17, 15) is 9.59 Å². The molecule has 2 aliphatic rings. The Labute approximate surface area is 134 Å². The Hall–Kier alpha value is -1.88. The maximum atomic E-state index is 12.5. The van der Waals surface area contributed by atoms with Gasteiger partial charge in [0.1, 0.15) is 6.04 Å². The molecule has 0 aromatic carbocycles. The van der Waals surface area contributed by atoms with Crippen LogP contribution in [0.1, 0.15) is 24.8 Å². The highest BCUT2D eigenvalue weighted by Gasteiger charge is 2.54. The maximum Gasteiger partial charge on any atom is 0.246 e. The van der Waals surface area contributed by atoms with Crippen molar-refractivity contribution in [1.82, 2.24) is 15.2 Å². The van der Waals surface area contributed by atoms with Crippen LogP contribution in [0.3, 0.4) is 0 Å². The molecule has 6 heteroatoms. The first-order valence-electron chi connectivity index (χ1n) is 7.33. The molecular weight excluding hydrogens is 302 g/mol. The van der Waals surface area contributed by atoms with Crippen molar-refractivity contribution in [2.75, 3.05) is 6.54 Å². The molecule has 1 aliphatic carbocycles. The number of pyridine rings is 1. The maximum absolute atomic E-state index is 12.5. The van der Waals surface area contributed by atoms with Crippen LogP contribution < -0.4 is 5.32 Å². The van der Waals surface area contributed by atoms with Gasteiger partial charge in [-0.2, -0.15) is 0 Å². The Bertz CT molecular complexity index is 628. The van der Waals surface area contributed by atoms with Crippen molar-refractivity contribution in [3.05, 3.63) is 41.7 Å². The van der Waals surface area contributed by atoms with Gasteiger partial charge in [0, 0.05) is 25.5 Å². The van der Waals surface area contributed by atoms with Gasteiger partial charge in [-0.05, 0) is 42.4 Å². The summed E-state index contributed by atoms with van der Waals surface area (Å²) in [5.74, 6) is -0.299. The van der Waals surface area contributed by atoms with Crippen LogP contribution in [0.15, 0.2) is 31.1 Å². The van der Waals surface area contributed by atoms with E-state index in [1.165, 1.54) is 6.08 Å². The quantitative estimate of drug-likeness (QED) is 0.862. The van der Waals surface area contributed by atoms with Gasteiger partial charge in [0.25, 0.3) is 0 Å². The molecule has 1 atom stereocenters. The van der Waals surface area contributed by atoms with E-state index in [0.29, 0.717) is 18.1 Å². The van der Waals surface area contributed by atoms with E-state index in [-0.39, 0.29) is 17.2 Å². The van der Waals surface area contributed by atoms with Crippen LogP contribution in [-0.2, 0) is 16.1 Å². The number of nitrogens with one attached hydrogen (secondary N) is 1. The van der Waals surface area contributed by atoms with Gasteiger partial charge in [0.05, 0.1) is 5.02 Å². The van der Waals surface area contributed by atoms with Crippen molar-refractivity contribution in [3.63, 3.8) is 0 Å². The summed E-state index contributed by atoms with van der Waals surface area (Å²) in [5.41, 5.74) is 1.000. The molecule has 1 N–H and O–H groups in total. The summed E-state index contributed by atoms with van der Waals surface area (Å²) < 4.78 is 0. The molecule has 1 aromatic rings. The SMILES string of the molecule is C=CC(=O)N1CC2(CC2)C[C@H]1C(=O)NCc1cncc(Cl)c1. The summed E-state index contributed by atoms with van der Waals surface area (Å²) in [6, 6.07) is 1.36. The predicted octanol–water partition coefficient (Wildman–Crippen LogP) is 1.92. The Morgan fingerprint density at radius 2 is 2.27 bits per heavy atom. The molecule has 1 saturated heterocycles. The largest absolute Gasteiger partial charge is 0.350 e. The highest BCUT2D eigenvalue weighted by Crippen LogP contribution is 2.54. The van der Waals surface area contributed by atoms with Gasteiger partial charge in [0.2, 0.25) is 11.8 Å². The summed E-state index contributed by atoms with van der Waals surface area (Å²) in [4.78, 5) is 30.1. The highest BCUT2D eigenvalue weighted by molar-refractivity contribution is 6.30. The minimum absolute atomic E-state index is 0.126. The second-order valence-corrected chi connectivity index (χ2v) is 6.56. The van der Waals surface area contributed by atoms with Crippen molar-refractivity contribution in [3.8, 4) is 0 Å². The van der Waals surface area contributed by atoms with Crippen LogP contribution in [0.4, 0.5) is 0 Å². The first-order valence-corrected chi connectivity index (χ1v) is 7.71. The monoisotopic (exact) mass is 319 g/mol. The third-order valence-corrected chi connectivity index (χ3v) is 4.66. The van der Waals surface area contributed by atoms with Crippen LogP contribution in [-0.4, -0.2) is 34.3 Å². The number of hydrogen-bond acceptors (Lipinski definition) is 3. The summed E-state index contributed by atoms with van der Waals surface area (Å²) in [6.07, 6.45) is 7.42. The number of amides is 2. The Balaban J connectivity index is 1.65.